The molecular formula is C16H31N3O3. The molecule has 0 aromatic rings. The molecule has 0 saturated carbocycles. The fourth-order valence-electron chi connectivity index (χ4n) is 2.55. The van der Waals surface area contributed by atoms with E-state index in [1.807, 2.05) is 34.6 Å². The van der Waals surface area contributed by atoms with Gasteiger partial charge < -0.3 is 20.7 Å². The third-order valence-corrected chi connectivity index (χ3v) is 3.69. The van der Waals surface area contributed by atoms with Crippen molar-refractivity contribution in [2.24, 2.45) is 5.41 Å². The molecule has 1 aliphatic heterocycles. The minimum Gasteiger partial charge on any atom is -0.441 e. The predicted octanol–water partition coefficient (Wildman–Crippen LogP) is 1.45. The van der Waals surface area contributed by atoms with Gasteiger partial charge in [0.15, 0.2) is 12.4 Å². The van der Waals surface area contributed by atoms with E-state index in [2.05, 4.69) is 16.0 Å². The van der Waals surface area contributed by atoms with E-state index >= 15 is 0 Å². The molecule has 6 heteroatoms. The molecule has 1 heterocycles. The fourth-order valence-corrected chi connectivity index (χ4v) is 2.55. The Hall–Kier alpha value is -1.14. The number of rotatable bonds is 6. The summed E-state index contributed by atoms with van der Waals surface area (Å²) in [5.74, 6) is -0.0957. The molecule has 0 bridgehead atoms. The molecule has 0 spiro atoms. The average molecular weight is 313 g/mol. The van der Waals surface area contributed by atoms with Crippen LogP contribution in [0, 0.1) is 5.41 Å². The Morgan fingerprint density at radius 3 is 2.32 bits per heavy atom. The summed E-state index contributed by atoms with van der Waals surface area (Å²) >= 11 is 0. The number of Topliss-reactive ketones (excluding diaryl/α,β-unsaturated/α-hetero) is 1. The second kappa shape index (κ2) is 8.48. The summed E-state index contributed by atoms with van der Waals surface area (Å²) in [6, 6.07) is -0.00743. The number of nitrogens with one attached hydrogen (secondary N) is 3. The Morgan fingerprint density at radius 1 is 1.23 bits per heavy atom. The van der Waals surface area contributed by atoms with Gasteiger partial charge in [0.2, 0.25) is 0 Å². The Balaban J connectivity index is 2.43. The maximum absolute atomic E-state index is 12.3. The van der Waals surface area contributed by atoms with Crippen LogP contribution in [-0.4, -0.2) is 49.7 Å². The largest absolute Gasteiger partial charge is 0.441 e. The molecule has 0 radical (unpaired) electrons. The number of carbonyl (C=O) groups excluding carboxylic acids is 2. The Labute approximate surface area is 133 Å². The Kier molecular flexibility index (Phi) is 7.29. The lowest BCUT2D eigenvalue weighted by molar-refractivity contribution is -0.126. The van der Waals surface area contributed by atoms with Crippen molar-refractivity contribution < 1.29 is 14.3 Å². The minimum atomic E-state index is -0.502. The lowest BCUT2D eigenvalue weighted by Crippen LogP contribution is -2.51. The molecule has 1 aliphatic rings. The van der Waals surface area contributed by atoms with Crippen LogP contribution >= 0.6 is 0 Å². The number of ether oxygens (including phenoxy) is 1. The summed E-state index contributed by atoms with van der Waals surface area (Å²) in [4.78, 5) is 24.1. The summed E-state index contributed by atoms with van der Waals surface area (Å²) in [5, 5.41) is 9.31. The topological polar surface area (TPSA) is 79.5 Å². The highest BCUT2D eigenvalue weighted by molar-refractivity contribution is 5.87. The van der Waals surface area contributed by atoms with Crippen LogP contribution in [0.1, 0.15) is 47.5 Å². The summed E-state index contributed by atoms with van der Waals surface area (Å²) in [7, 11) is 0. The number of alkyl carbamates (subject to hydrolysis) is 1. The van der Waals surface area contributed by atoms with E-state index in [1.165, 1.54) is 0 Å². The number of amides is 1. The highest BCUT2D eigenvalue weighted by Crippen LogP contribution is 2.20. The normalized spacial score (nSPS) is 18.1. The first-order valence-electron chi connectivity index (χ1n) is 8.13. The first kappa shape index (κ1) is 18.9. The van der Waals surface area contributed by atoms with Gasteiger partial charge in [-0.2, -0.15) is 0 Å². The van der Waals surface area contributed by atoms with Gasteiger partial charge in [0.25, 0.3) is 0 Å². The Bertz CT molecular complexity index is 371. The van der Waals surface area contributed by atoms with Gasteiger partial charge in [-0.05, 0) is 31.3 Å². The van der Waals surface area contributed by atoms with Gasteiger partial charge in [-0.25, -0.2) is 4.79 Å². The van der Waals surface area contributed by atoms with Gasteiger partial charge >= 0.3 is 6.09 Å². The van der Waals surface area contributed by atoms with E-state index < -0.39 is 6.09 Å². The van der Waals surface area contributed by atoms with E-state index in [4.69, 9.17) is 4.74 Å². The maximum Gasteiger partial charge on any atom is 0.407 e. The van der Waals surface area contributed by atoms with Gasteiger partial charge in [0.1, 0.15) is 0 Å². The van der Waals surface area contributed by atoms with Crippen molar-refractivity contribution in [3.05, 3.63) is 0 Å². The third kappa shape index (κ3) is 6.75. The second-order valence-electron chi connectivity index (χ2n) is 7.33. The molecule has 1 fully saturated rings. The van der Waals surface area contributed by atoms with Gasteiger partial charge in [0.05, 0.1) is 6.04 Å². The molecule has 6 nitrogen and oxygen atoms in total. The van der Waals surface area contributed by atoms with Crippen LogP contribution in [0.3, 0.4) is 0 Å². The quantitative estimate of drug-likeness (QED) is 0.691. The van der Waals surface area contributed by atoms with Crippen molar-refractivity contribution in [2.75, 3.05) is 19.7 Å². The highest BCUT2D eigenvalue weighted by atomic mass is 16.6. The van der Waals surface area contributed by atoms with E-state index in [0.717, 1.165) is 25.9 Å². The molecule has 0 aromatic heterocycles. The number of piperidine rings is 1. The Morgan fingerprint density at radius 2 is 1.82 bits per heavy atom. The van der Waals surface area contributed by atoms with Gasteiger partial charge in [0, 0.05) is 12.1 Å². The van der Waals surface area contributed by atoms with Crippen LogP contribution in [0.5, 0.6) is 0 Å². The average Bonchev–Trinajstić information content (AvgIpc) is 2.42. The molecule has 0 aliphatic carbocycles. The molecule has 0 aromatic carbocycles. The monoisotopic (exact) mass is 313 g/mol. The molecule has 3 N–H and O–H groups in total. The van der Waals surface area contributed by atoms with Crippen molar-refractivity contribution >= 4 is 11.9 Å². The zero-order valence-corrected chi connectivity index (χ0v) is 14.5. The zero-order valence-electron chi connectivity index (χ0n) is 14.5. The molecule has 1 unspecified atom stereocenters. The molecule has 1 saturated heterocycles. The zero-order chi connectivity index (χ0) is 16.8. The predicted molar refractivity (Wildman–Crippen MR) is 86.9 cm³/mol. The summed E-state index contributed by atoms with van der Waals surface area (Å²) in [6.07, 6.45) is 1.28. The number of ketones is 1. The van der Waals surface area contributed by atoms with Crippen molar-refractivity contribution in [1.29, 1.82) is 0 Å². The molecule has 22 heavy (non-hydrogen) atoms. The summed E-state index contributed by atoms with van der Waals surface area (Å²) in [6.45, 7) is 11.6. The van der Waals surface area contributed by atoms with Crippen molar-refractivity contribution in [2.45, 2.75) is 65.6 Å². The first-order valence-corrected chi connectivity index (χ1v) is 8.13. The third-order valence-electron chi connectivity index (χ3n) is 3.69. The van der Waals surface area contributed by atoms with Crippen molar-refractivity contribution in [3.63, 3.8) is 0 Å². The molecule has 1 rings (SSSR count). The fraction of sp³-hybridized carbons (Fsp3) is 0.875. The number of hydrogen-bond donors (Lipinski definition) is 3. The number of carbonyl (C=O) groups is 2. The van der Waals surface area contributed by atoms with Crippen LogP contribution in [0.4, 0.5) is 4.79 Å². The van der Waals surface area contributed by atoms with Crippen LogP contribution < -0.4 is 16.0 Å². The highest BCUT2D eigenvalue weighted by Gasteiger charge is 2.32. The summed E-state index contributed by atoms with van der Waals surface area (Å²) in [5.41, 5.74) is -0.226. The lowest BCUT2D eigenvalue weighted by Gasteiger charge is -2.32. The number of hydrogen-bond acceptors (Lipinski definition) is 5. The van der Waals surface area contributed by atoms with Crippen LogP contribution in [0.25, 0.3) is 0 Å². The first-order chi connectivity index (χ1) is 10.2. The van der Waals surface area contributed by atoms with Crippen LogP contribution in [0.15, 0.2) is 0 Å². The standard InChI is InChI=1S/C16H31N3O3/c1-11(2)18-14(16(3,4)5)13(20)10-22-15(21)19-12-6-8-17-9-7-12/h11-12,14,17-18H,6-10H2,1-5H3,(H,19,21). The minimum absolute atomic E-state index is 0.0957. The van der Waals surface area contributed by atoms with Gasteiger partial charge in [-0.15, -0.1) is 0 Å². The molecule has 1 amide bonds. The molecular weight excluding hydrogens is 282 g/mol. The van der Waals surface area contributed by atoms with E-state index in [-0.39, 0.29) is 35.9 Å². The SMILES string of the molecule is CC(C)NC(C(=O)COC(=O)NC1CCNCC1)C(C)(C)C. The van der Waals surface area contributed by atoms with E-state index in [9.17, 15) is 9.59 Å². The maximum atomic E-state index is 12.3. The van der Waals surface area contributed by atoms with Gasteiger partial charge in [-0.3, -0.25) is 4.79 Å². The molecule has 1 atom stereocenters. The van der Waals surface area contributed by atoms with Crippen molar-refractivity contribution in [3.8, 4) is 0 Å². The lowest BCUT2D eigenvalue weighted by atomic mass is 9.84. The van der Waals surface area contributed by atoms with E-state index in [1.54, 1.807) is 0 Å². The molecule has 128 valence electrons. The second-order valence-corrected chi connectivity index (χ2v) is 7.33. The smallest absolute Gasteiger partial charge is 0.407 e. The van der Waals surface area contributed by atoms with E-state index in [0.29, 0.717) is 0 Å². The van der Waals surface area contributed by atoms with Crippen LogP contribution in [-0.2, 0) is 9.53 Å². The van der Waals surface area contributed by atoms with Crippen molar-refractivity contribution in [1.82, 2.24) is 16.0 Å². The van der Waals surface area contributed by atoms with Gasteiger partial charge in [-0.1, -0.05) is 34.6 Å². The van der Waals surface area contributed by atoms with Crippen LogP contribution in [0.2, 0.25) is 0 Å². The summed E-state index contributed by atoms with van der Waals surface area (Å²) < 4.78 is 5.10.